The fourth-order valence-electron chi connectivity index (χ4n) is 3.75. The number of aromatic nitrogens is 2. The molecule has 0 saturated heterocycles. The lowest BCUT2D eigenvalue weighted by Gasteiger charge is -2.19. The van der Waals surface area contributed by atoms with E-state index in [1.807, 2.05) is 37.3 Å². The number of sulfonamides is 1. The van der Waals surface area contributed by atoms with Crippen molar-refractivity contribution in [3.05, 3.63) is 88.7 Å². The molecule has 1 aliphatic heterocycles. The van der Waals surface area contributed by atoms with Gasteiger partial charge in [-0.3, -0.25) is 19.3 Å². The van der Waals surface area contributed by atoms with Crippen LogP contribution >= 0.6 is 0 Å². The lowest BCUT2D eigenvalue weighted by atomic mass is 10.2. The van der Waals surface area contributed by atoms with Gasteiger partial charge in [0.2, 0.25) is 0 Å². The minimum absolute atomic E-state index is 0.0740. The molecule has 4 aromatic rings. The quantitative estimate of drug-likeness (QED) is 0.456. The summed E-state index contributed by atoms with van der Waals surface area (Å²) in [7, 11) is -3.89. The topological polar surface area (TPSA) is 109 Å². The van der Waals surface area contributed by atoms with E-state index in [-0.39, 0.29) is 16.7 Å². The summed E-state index contributed by atoms with van der Waals surface area (Å²) in [5.74, 6) is 0. The van der Waals surface area contributed by atoms with Crippen molar-refractivity contribution >= 4 is 38.7 Å². The Morgan fingerprint density at radius 3 is 2.64 bits per heavy atom. The Kier molecular flexibility index (Phi) is 5.14. The molecule has 168 valence electrons. The summed E-state index contributed by atoms with van der Waals surface area (Å²) in [4.78, 5) is 12.6. The van der Waals surface area contributed by atoms with Crippen molar-refractivity contribution in [1.82, 2.24) is 9.78 Å². The molecule has 1 atom stereocenters. The number of hydrazone groups is 1. The first kappa shape index (κ1) is 20.8. The fraction of sp³-hybridized carbons (Fsp3) is 0.130. The summed E-state index contributed by atoms with van der Waals surface area (Å²) in [6.07, 6.45) is 0.991. The highest BCUT2D eigenvalue weighted by Crippen LogP contribution is 2.26. The Morgan fingerprint density at radius 2 is 1.88 bits per heavy atom. The molecule has 1 aromatic heterocycles. The second kappa shape index (κ2) is 8.14. The van der Waals surface area contributed by atoms with E-state index in [0.717, 1.165) is 5.56 Å². The molecule has 33 heavy (non-hydrogen) atoms. The first-order chi connectivity index (χ1) is 15.9. The van der Waals surface area contributed by atoms with Crippen molar-refractivity contribution < 1.29 is 13.2 Å². The zero-order valence-electron chi connectivity index (χ0n) is 17.7. The summed E-state index contributed by atoms with van der Waals surface area (Å²) in [6.45, 7) is 2.31. The molecule has 1 unspecified atom stereocenters. The molecule has 10 heteroatoms. The van der Waals surface area contributed by atoms with E-state index in [2.05, 4.69) is 14.9 Å². The maximum absolute atomic E-state index is 13.0. The summed E-state index contributed by atoms with van der Waals surface area (Å²) in [6, 6.07) is 21.1. The van der Waals surface area contributed by atoms with Gasteiger partial charge in [-0.15, -0.1) is 5.10 Å². The first-order valence-corrected chi connectivity index (χ1v) is 11.8. The summed E-state index contributed by atoms with van der Waals surface area (Å²) in [5, 5.41) is 8.90. The molecule has 0 spiro atoms. The largest absolute Gasteiger partial charge is 0.457 e. The average molecular weight is 464 g/mol. The van der Waals surface area contributed by atoms with E-state index in [1.165, 1.54) is 24.6 Å². The molecule has 9 nitrogen and oxygen atoms in total. The van der Waals surface area contributed by atoms with Gasteiger partial charge in [-0.1, -0.05) is 36.4 Å². The van der Waals surface area contributed by atoms with E-state index in [1.54, 1.807) is 34.0 Å². The highest BCUT2D eigenvalue weighted by Gasteiger charge is 2.22. The molecule has 3 aromatic carbocycles. The van der Waals surface area contributed by atoms with Gasteiger partial charge in [-0.2, -0.15) is 0 Å². The third-order valence-electron chi connectivity index (χ3n) is 5.37. The number of rotatable bonds is 6. The molecule has 0 saturated carbocycles. The molecule has 5 rings (SSSR count). The van der Waals surface area contributed by atoms with E-state index >= 15 is 0 Å². The standard InChI is InChI=1S/C23H21N5O4S/c1-16-28(24-15-32-16)19-8-5-9-20(13-19)33(30,31)26-18-10-11-22-21(12-18)23(29)25-27(22)14-17-6-3-2-4-7-17/h2-13,15-16,26H,14H2,1H3,(H,25,29). The van der Waals surface area contributed by atoms with Gasteiger partial charge < -0.3 is 4.74 Å². The first-order valence-electron chi connectivity index (χ1n) is 10.3. The van der Waals surface area contributed by atoms with Crippen LogP contribution in [0.4, 0.5) is 11.4 Å². The highest BCUT2D eigenvalue weighted by molar-refractivity contribution is 7.92. The Balaban J connectivity index is 1.43. The molecule has 0 aliphatic carbocycles. The van der Waals surface area contributed by atoms with Gasteiger partial charge in [0.05, 0.1) is 28.0 Å². The zero-order valence-corrected chi connectivity index (χ0v) is 18.5. The molecular formula is C23H21N5O4S. The molecule has 1 aliphatic rings. The van der Waals surface area contributed by atoms with Gasteiger partial charge in [0.15, 0.2) is 12.6 Å². The smallest absolute Gasteiger partial charge is 0.272 e. The number of hydrogen-bond donors (Lipinski definition) is 2. The SMILES string of the molecule is CC1OC=NN1c1cccc(S(=O)(=O)Nc2ccc3c(c2)c(=O)[nH]n3Cc2ccccc2)c1. The number of nitrogens with zero attached hydrogens (tertiary/aromatic N) is 3. The average Bonchev–Trinajstić information content (AvgIpc) is 3.37. The van der Waals surface area contributed by atoms with E-state index in [4.69, 9.17) is 4.74 Å². The lowest BCUT2D eigenvalue weighted by molar-refractivity contribution is 0.243. The van der Waals surface area contributed by atoms with Gasteiger partial charge in [0.1, 0.15) is 0 Å². The van der Waals surface area contributed by atoms with Crippen LogP contribution in [0.25, 0.3) is 10.9 Å². The molecule has 0 fully saturated rings. The maximum Gasteiger partial charge on any atom is 0.272 e. The third kappa shape index (κ3) is 4.08. The Bertz CT molecular complexity index is 1510. The number of fused-ring (bicyclic) bond motifs is 1. The third-order valence-corrected chi connectivity index (χ3v) is 6.75. The number of ether oxygens (including phenoxy) is 1. The summed E-state index contributed by atoms with van der Waals surface area (Å²) >= 11 is 0. The van der Waals surface area contributed by atoms with Crippen molar-refractivity contribution in [1.29, 1.82) is 0 Å². The van der Waals surface area contributed by atoms with E-state index in [9.17, 15) is 13.2 Å². The number of benzene rings is 3. The molecule has 2 N–H and O–H groups in total. The minimum Gasteiger partial charge on any atom is -0.457 e. The molecule has 2 heterocycles. The molecular weight excluding hydrogens is 442 g/mol. The van der Waals surface area contributed by atoms with Crippen molar-refractivity contribution in [2.75, 3.05) is 9.73 Å². The Hall–Kier alpha value is -4.05. The molecule has 0 radical (unpaired) electrons. The lowest BCUT2D eigenvalue weighted by Crippen LogP contribution is -2.24. The van der Waals surface area contributed by atoms with Crippen LogP contribution in [0, 0.1) is 0 Å². The second-order valence-electron chi connectivity index (χ2n) is 7.65. The second-order valence-corrected chi connectivity index (χ2v) is 9.33. The van der Waals surface area contributed by atoms with Crippen LogP contribution in [-0.2, 0) is 21.3 Å². The van der Waals surface area contributed by atoms with Gasteiger partial charge in [-0.25, -0.2) is 13.4 Å². The van der Waals surface area contributed by atoms with Crippen LogP contribution in [-0.4, -0.2) is 30.8 Å². The van der Waals surface area contributed by atoms with Gasteiger partial charge in [-0.05, 0) is 48.9 Å². The van der Waals surface area contributed by atoms with E-state index in [0.29, 0.717) is 28.8 Å². The van der Waals surface area contributed by atoms with Crippen molar-refractivity contribution in [3.8, 4) is 0 Å². The minimum atomic E-state index is -3.89. The molecule has 0 bridgehead atoms. The van der Waals surface area contributed by atoms with Crippen molar-refractivity contribution in [3.63, 3.8) is 0 Å². The van der Waals surface area contributed by atoms with Gasteiger partial charge in [0.25, 0.3) is 15.6 Å². The number of hydrogen-bond acceptors (Lipinski definition) is 6. The number of aromatic amines is 1. The maximum atomic E-state index is 13.0. The highest BCUT2D eigenvalue weighted by atomic mass is 32.2. The van der Waals surface area contributed by atoms with Crippen LogP contribution in [0.15, 0.2) is 87.6 Å². The van der Waals surface area contributed by atoms with Gasteiger partial charge in [0, 0.05) is 5.69 Å². The van der Waals surface area contributed by atoms with Crippen LogP contribution in [0.3, 0.4) is 0 Å². The monoisotopic (exact) mass is 463 g/mol. The van der Waals surface area contributed by atoms with E-state index < -0.39 is 10.0 Å². The number of nitrogens with one attached hydrogen (secondary N) is 2. The number of anilines is 2. The fourth-order valence-corrected chi connectivity index (χ4v) is 4.84. The van der Waals surface area contributed by atoms with Crippen molar-refractivity contribution in [2.45, 2.75) is 24.6 Å². The van der Waals surface area contributed by atoms with Crippen LogP contribution in [0.5, 0.6) is 0 Å². The van der Waals surface area contributed by atoms with Crippen LogP contribution in [0.2, 0.25) is 0 Å². The molecule has 0 amide bonds. The summed E-state index contributed by atoms with van der Waals surface area (Å²) < 4.78 is 35.6. The summed E-state index contributed by atoms with van der Waals surface area (Å²) in [5.41, 5.74) is 2.33. The normalized spacial score (nSPS) is 15.7. The van der Waals surface area contributed by atoms with Crippen molar-refractivity contribution in [2.24, 2.45) is 5.10 Å². The van der Waals surface area contributed by atoms with Gasteiger partial charge >= 0.3 is 0 Å². The predicted molar refractivity (Wildman–Crippen MR) is 127 cm³/mol. The number of H-pyrrole nitrogens is 1. The van der Waals surface area contributed by atoms with Crippen LogP contribution < -0.4 is 15.3 Å². The Labute approximate surface area is 189 Å². The zero-order chi connectivity index (χ0) is 23.0. The Morgan fingerprint density at radius 1 is 1.06 bits per heavy atom. The van der Waals surface area contributed by atoms with Crippen LogP contribution in [0.1, 0.15) is 12.5 Å². The predicted octanol–water partition coefficient (Wildman–Crippen LogP) is 3.30.